The van der Waals surface area contributed by atoms with Gasteiger partial charge in [-0.2, -0.15) is 0 Å². The topological polar surface area (TPSA) is 42.9 Å². The number of likely N-dealkylation sites (tertiary alicyclic amines) is 1. The minimum absolute atomic E-state index is 0. The van der Waals surface area contributed by atoms with E-state index in [1.54, 1.807) is 0 Å². The Balaban J connectivity index is 0.00000392. The van der Waals surface area contributed by atoms with Crippen molar-refractivity contribution < 1.29 is 0 Å². The van der Waals surface area contributed by atoms with Crippen LogP contribution in [0.2, 0.25) is 0 Å². The summed E-state index contributed by atoms with van der Waals surface area (Å²) in [7, 11) is 4.00. The molecule has 0 radical (unpaired) electrons. The van der Waals surface area contributed by atoms with E-state index in [0.717, 1.165) is 32.1 Å². The van der Waals surface area contributed by atoms with Gasteiger partial charge < -0.3 is 20.4 Å². The highest BCUT2D eigenvalue weighted by molar-refractivity contribution is 14.0. The summed E-state index contributed by atoms with van der Waals surface area (Å²) >= 11 is 0. The molecular formula is C22H40IN5. The van der Waals surface area contributed by atoms with Crippen LogP contribution in [0, 0.1) is 0 Å². The molecule has 1 fully saturated rings. The van der Waals surface area contributed by atoms with Gasteiger partial charge in [-0.25, -0.2) is 0 Å². The van der Waals surface area contributed by atoms with Crippen molar-refractivity contribution >= 4 is 29.9 Å². The van der Waals surface area contributed by atoms with Crippen LogP contribution in [0.3, 0.4) is 0 Å². The second kappa shape index (κ2) is 15.0. The first-order valence-corrected chi connectivity index (χ1v) is 10.6. The fourth-order valence-electron chi connectivity index (χ4n) is 3.54. The maximum Gasteiger partial charge on any atom is 0.191 e. The third-order valence-corrected chi connectivity index (χ3v) is 5.31. The summed E-state index contributed by atoms with van der Waals surface area (Å²) < 4.78 is 0. The first-order valence-electron chi connectivity index (χ1n) is 10.6. The molecule has 1 heterocycles. The van der Waals surface area contributed by atoms with Crippen LogP contribution in [0.1, 0.15) is 50.2 Å². The van der Waals surface area contributed by atoms with Crippen molar-refractivity contribution in [2.75, 3.05) is 46.8 Å². The second-order valence-electron chi connectivity index (χ2n) is 7.61. The Morgan fingerprint density at radius 2 is 1.82 bits per heavy atom. The predicted molar refractivity (Wildman–Crippen MR) is 132 cm³/mol. The molecule has 0 aromatic heterocycles. The Morgan fingerprint density at radius 1 is 1.11 bits per heavy atom. The van der Waals surface area contributed by atoms with Crippen LogP contribution >= 0.6 is 24.0 Å². The van der Waals surface area contributed by atoms with Gasteiger partial charge in [0.05, 0.1) is 0 Å². The molecule has 0 amide bonds. The molecule has 1 saturated heterocycles. The summed E-state index contributed by atoms with van der Waals surface area (Å²) in [5, 5.41) is 6.90. The third kappa shape index (κ3) is 10.1. The number of nitrogens with zero attached hydrogens (tertiary/aromatic N) is 3. The van der Waals surface area contributed by atoms with E-state index in [1.165, 1.54) is 62.9 Å². The number of benzene rings is 1. The average molecular weight is 502 g/mol. The lowest BCUT2D eigenvalue weighted by Gasteiger charge is -2.20. The van der Waals surface area contributed by atoms with E-state index in [4.69, 9.17) is 0 Å². The molecule has 28 heavy (non-hydrogen) atoms. The summed E-state index contributed by atoms with van der Waals surface area (Å²) in [5.41, 5.74) is 2.66. The summed E-state index contributed by atoms with van der Waals surface area (Å²) in [6, 6.07) is 8.81. The lowest BCUT2D eigenvalue weighted by Crippen LogP contribution is -2.38. The van der Waals surface area contributed by atoms with Crippen LogP contribution in [0.25, 0.3) is 0 Å². The van der Waals surface area contributed by atoms with E-state index < -0.39 is 0 Å². The van der Waals surface area contributed by atoms with E-state index in [-0.39, 0.29) is 24.0 Å². The maximum absolute atomic E-state index is 4.36. The minimum Gasteiger partial charge on any atom is -0.356 e. The number of nitrogens with one attached hydrogen (secondary N) is 2. The Bertz CT molecular complexity index is 556. The van der Waals surface area contributed by atoms with E-state index in [0.29, 0.717) is 0 Å². The molecule has 0 bridgehead atoms. The normalized spacial score (nSPS) is 15.8. The molecule has 2 rings (SSSR count). The van der Waals surface area contributed by atoms with Gasteiger partial charge in [0.15, 0.2) is 5.96 Å². The SMILES string of the molecule is CCN(C)Cc1cccc(CNC(=NC)NCCCN2CCCCCC2)c1.I. The zero-order chi connectivity index (χ0) is 19.3. The quantitative estimate of drug-likeness (QED) is 0.235. The zero-order valence-corrected chi connectivity index (χ0v) is 20.4. The Labute approximate surface area is 189 Å². The van der Waals surface area contributed by atoms with Gasteiger partial charge in [0, 0.05) is 26.7 Å². The Hall–Kier alpha value is -0.860. The van der Waals surface area contributed by atoms with Crippen molar-refractivity contribution in [1.82, 2.24) is 20.4 Å². The first-order chi connectivity index (χ1) is 13.2. The largest absolute Gasteiger partial charge is 0.356 e. The molecule has 0 aliphatic carbocycles. The minimum atomic E-state index is 0. The molecule has 1 aromatic rings. The van der Waals surface area contributed by atoms with Gasteiger partial charge in [-0.15, -0.1) is 24.0 Å². The van der Waals surface area contributed by atoms with Crippen molar-refractivity contribution in [2.45, 2.75) is 52.1 Å². The fraction of sp³-hybridized carbons (Fsp3) is 0.682. The first kappa shape index (κ1) is 25.2. The van der Waals surface area contributed by atoms with E-state index in [2.05, 4.69) is 63.7 Å². The number of hydrogen-bond donors (Lipinski definition) is 2. The van der Waals surface area contributed by atoms with E-state index >= 15 is 0 Å². The molecule has 6 heteroatoms. The molecule has 2 N–H and O–H groups in total. The highest BCUT2D eigenvalue weighted by atomic mass is 127. The summed E-state index contributed by atoms with van der Waals surface area (Å²) in [4.78, 5) is 9.29. The number of hydrogen-bond acceptors (Lipinski definition) is 3. The Morgan fingerprint density at radius 3 is 2.50 bits per heavy atom. The number of guanidine groups is 1. The number of halogens is 1. The third-order valence-electron chi connectivity index (χ3n) is 5.31. The van der Waals surface area contributed by atoms with Crippen molar-refractivity contribution in [3.63, 3.8) is 0 Å². The number of aliphatic imine (C=N–C) groups is 1. The standard InChI is InChI=1S/C22H39N5.HI/c1-4-26(3)19-21-12-9-11-20(17-21)18-25-22(23-2)24-13-10-16-27-14-7-5-6-8-15-27;/h9,11-12,17H,4-8,10,13-16,18-19H2,1-3H3,(H2,23,24,25);1H. The molecule has 0 unspecified atom stereocenters. The van der Waals surface area contributed by atoms with Gasteiger partial charge in [-0.05, 0) is 63.6 Å². The molecule has 5 nitrogen and oxygen atoms in total. The van der Waals surface area contributed by atoms with Crippen molar-refractivity contribution in [3.05, 3.63) is 35.4 Å². The highest BCUT2D eigenvalue weighted by Crippen LogP contribution is 2.09. The van der Waals surface area contributed by atoms with Crippen molar-refractivity contribution in [2.24, 2.45) is 4.99 Å². The van der Waals surface area contributed by atoms with Gasteiger partial charge in [-0.3, -0.25) is 4.99 Å². The molecule has 160 valence electrons. The van der Waals surface area contributed by atoms with Gasteiger partial charge >= 0.3 is 0 Å². The molecular weight excluding hydrogens is 461 g/mol. The van der Waals surface area contributed by atoms with Gasteiger partial charge in [0.25, 0.3) is 0 Å². The van der Waals surface area contributed by atoms with Gasteiger partial charge in [-0.1, -0.05) is 44.0 Å². The average Bonchev–Trinajstić information content (AvgIpc) is 2.96. The predicted octanol–water partition coefficient (Wildman–Crippen LogP) is 3.69. The molecule has 1 aliphatic heterocycles. The van der Waals surface area contributed by atoms with Crippen LogP contribution in [0.5, 0.6) is 0 Å². The number of rotatable bonds is 9. The van der Waals surface area contributed by atoms with Crippen molar-refractivity contribution in [3.8, 4) is 0 Å². The van der Waals surface area contributed by atoms with Crippen LogP contribution in [0.15, 0.2) is 29.3 Å². The summed E-state index contributed by atoms with van der Waals surface area (Å²) in [6.45, 7) is 9.76. The summed E-state index contributed by atoms with van der Waals surface area (Å²) in [6.07, 6.45) is 6.70. The van der Waals surface area contributed by atoms with Gasteiger partial charge in [0.1, 0.15) is 0 Å². The van der Waals surface area contributed by atoms with Gasteiger partial charge in [0.2, 0.25) is 0 Å². The molecule has 0 atom stereocenters. The van der Waals surface area contributed by atoms with E-state index in [9.17, 15) is 0 Å². The Kier molecular flexibility index (Phi) is 13.5. The van der Waals surface area contributed by atoms with E-state index in [1.807, 2.05) is 7.05 Å². The summed E-state index contributed by atoms with van der Waals surface area (Å²) in [5.74, 6) is 0.891. The lowest BCUT2D eigenvalue weighted by atomic mass is 10.1. The van der Waals surface area contributed by atoms with Crippen LogP contribution in [-0.2, 0) is 13.1 Å². The zero-order valence-electron chi connectivity index (χ0n) is 18.0. The fourth-order valence-corrected chi connectivity index (χ4v) is 3.54. The monoisotopic (exact) mass is 501 g/mol. The highest BCUT2D eigenvalue weighted by Gasteiger charge is 2.08. The molecule has 1 aliphatic rings. The smallest absolute Gasteiger partial charge is 0.191 e. The molecule has 0 spiro atoms. The van der Waals surface area contributed by atoms with Crippen LogP contribution in [0.4, 0.5) is 0 Å². The van der Waals surface area contributed by atoms with Crippen LogP contribution < -0.4 is 10.6 Å². The second-order valence-corrected chi connectivity index (χ2v) is 7.61. The maximum atomic E-state index is 4.36. The molecule has 0 saturated carbocycles. The molecule has 1 aromatic carbocycles. The lowest BCUT2D eigenvalue weighted by molar-refractivity contribution is 0.282. The van der Waals surface area contributed by atoms with Crippen molar-refractivity contribution in [1.29, 1.82) is 0 Å². The van der Waals surface area contributed by atoms with Crippen LogP contribution in [-0.4, -0.2) is 62.6 Å².